The number of nitrogens with two attached hydrogens (primary N) is 1. The first-order valence-electron chi connectivity index (χ1n) is 7.34. The van der Waals surface area contributed by atoms with Crippen LogP contribution in [0.5, 0.6) is 0 Å². The second-order valence-electron chi connectivity index (χ2n) is 5.72. The SMILES string of the molecule is NC(=S)C1(C(=O)NC2CCCCCC2)CCOCC1. The minimum absolute atomic E-state index is 0.0233. The molecule has 1 heterocycles. The summed E-state index contributed by atoms with van der Waals surface area (Å²) < 4.78 is 5.34. The Balaban J connectivity index is 2.00. The Labute approximate surface area is 120 Å². The van der Waals surface area contributed by atoms with Crippen molar-refractivity contribution < 1.29 is 9.53 Å². The summed E-state index contributed by atoms with van der Waals surface area (Å²) in [6, 6.07) is 0.295. The van der Waals surface area contributed by atoms with Crippen LogP contribution in [-0.4, -0.2) is 30.2 Å². The molecule has 0 aromatic carbocycles. The standard InChI is InChI=1S/C14H24N2O2S/c15-12(19)14(7-9-18-10-8-14)13(17)16-11-5-3-1-2-4-6-11/h11H,1-10H2,(H2,15,19)(H,16,17). The molecule has 1 amide bonds. The summed E-state index contributed by atoms with van der Waals surface area (Å²) in [6.07, 6.45) is 8.34. The van der Waals surface area contributed by atoms with Crippen LogP contribution in [0.3, 0.4) is 0 Å². The minimum atomic E-state index is -0.681. The fraction of sp³-hybridized carbons (Fsp3) is 0.857. The van der Waals surface area contributed by atoms with Crippen LogP contribution in [0, 0.1) is 5.41 Å². The van der Waals surface area contributed by atoms with Crippen molar-refractivity contribution in [2.75, 3.05) is 13.2 Å². The maximum atomic E-state index is 12.6. The third-order valence-corrected chi connectivity index (χ3v) is 4.83. The van der Waals surface area contributed by atoms with E-state index in [2.05, 4.69) is 5.32 Å². The molecule has 0 radical (unpaired) electrons. The number of carbonyl (C=O) groups is 1. The van der Waals surface area contributed by atoms with E-state index >= 15 is 0 Å². The summed E-state index contributed by atoms with van der Waals surface area (Å²) in [5.74, 6) is 0.0233. The highest BCUT2D eigenvalue weighted by Crippen LogP contribution is 2.32. The molecule has 0 aromatic heterocycles. The predicted octanol–water partition coefficient (Wildman–Crippen LogP) is 1.91. The molecule has 4 nitrogen and oxygen atoms in total. The zero-order valence-electron chi connectivity index (χ0n) is 11.5. The van der Waals surface area contributed by atoms with Gasteiger partial charge in [-0.05, 0) is 25.7 Å². The average Bonchev–Trinajstić information content (AvgIpc) is 2.68. The van der Waals surface area contributed by atoms with Crippen LogP contribution in [-0.2, 0) is 9.53 Å². The molecule has 0 aromatic rings. The fourth-order valence-corrected chi connectivity index (χ4v) is 3.35. The molecule has 2 rings (SSSR count). The second-order valence-corrected chi connectivity index (χ2v) is 6.16. The number of thiocarbonyl (C=S) groups is 1. The third kappa shape index (κ3) is 3.45. The van der Waals surface area contributed by atoms with Gasteiger partial charge in [-0.25, -0.2) is 0 Å². The number of carbonyl (C=O) groups excluding carboxylic acids is 1. The number of ether oxygens (including phenoxy) is 1. The van der Waals surface area contributed by atoms with Crippen molar-refractivity contribution in [2.24, 2.45) is 11.1 Å². The van der Waals surface area contributed by atoms with Gasteiger partial charge in [0.1, 0.15) is 5.41 Å². The maximum Gasteiger partial charge on any atom is 0.233 e. The molecule has 0 atom stereocenters. The van der Waals surface area contributed by atoms with Crippen LogP contribution in [0.15, 0.2) is 0 Å². The highest BCUT2D eigenvalue weighted by atomic mass is 32.1. The molecular weight excluding hydrogens is 260 g/mol. The summed E-state index contributed by atoms with van der Waals surface area (Å²) in [4.78, 5) is 12.9. The van der Waals surface area contributed by atoms with Crippen molar-refractivity contribution in [2.45, 2.75) is 57.4 Å². The molecule has 19 heavy (non-hydrogen) atoms. The highest BCUT2D eigenvalue weighted by Gasteiger charge is 2.43. The molecule has 1 saturated carbocycles. The average molecular weight is 284 g/mol. The van der Waals surface area contributed by atoms with Crippen molar-refractivity contribution in [1.29, 1.82) is 0 Å². The van der Waals surface area contributed by atoms with Crippen molar-refractivity contribution in [3.05, 3.63) is 0 Å². The monoisotopic (exact) mass is 284 g/mol. The van der Waals surface area contributed by atoms with E-state index in [4.69, 9.17) is 22.7 Å². The Kier molecular flexibility index (Phi) is 5.16. The second kappa shape index (κ2) is 6.66. The molecular formula is C14H24N2O2S. The predicted molar refractivity (Wildman–Crippen MR) is 78.9 cm³/mol. The first-order valence-corrected chi connectivity index (χ1v) is 7.74. The van der Waals surface area contributed by atoms with E-state index < -0.39 is 5.41 Å². The largest absolute Gasteiger partial charge is 0.392 e. The van der Waals surface area contributed by atoms with E-state index in [9.17, 15) is 4.79 Å². The lowest BCUT2D eigenvalue weighted by molar-refractivity contribution is -0.132. The van der Waals surface area contributed by atoms with Crippen molar-refractivity contribution >= 4 is 23.1 Å². The number of amides is 1. The van der Waals surface area contributed by atoms with Crippen LogP contribution in [0.2, 0.25) is 0 Å². The Morgan fingerprint density at radius 1 is 1.16 bits per heavy atom. The smallest absolute Gasteiger partial charge is 0.233 e. The van der Waals surface area contributed by atoms with Gasteiger partial charge in [-0.15, -0.1) is 0 Å². The van der Waals surface area contributed by atoms with Crippen LogP contribution in [0.1, 0.15) is 51.4 Å². The van der Waals surface area contributed by atoms with Crippen LogP contribution in [0.25, 0.3) is 0 Å². The summed E-state index contributed by atoms with van der Waals surface area (Å²) >= 11 is 5.16. The molecule has 1 aliphatic carbocycles. The van der Waals surface area contributed by atoms with E-state index in [0.29, 0.717) is 37.1 Å². The van der Waals surface area contributed by atoms with Crippen LogP contribution < -0.4 is 11.1 Å². The van der Waals surface area contributed by atoms with E-state index in [0.717, 1.165) is 12.8 Å². The lowest BCUT2D eigenvalue weighted by Crippen LogP contribution is -2.54. The van der Waals surface area contributed by atoms with Crippen molar-refractivity contribution in [1.82, 2.24) is 5.32 Å². The first-order chi connectivity index (χ1) is 9.15. The quantitative estimate of drug-likeness (QED) is 0.614. The Morgan fingerprint density at radius 3 is 2.26 bits per heavy atom. The van der Waals surface area contributed by atoms with Gasteiger partial charge in [-0.1, -0.05) is 37.9 Å². The maximum absolute atomic E-state index is 12.6. The van der Waals surface area contributed by atoms with Gasteiger partial charge in [0, 0.05) is 19.3 Å². The number of hydrogen-bond donors (Lipinski definition) is 2. The van der Waals surface area contributed by atoms with Gasteiger partial charge in [0.25, 0.3) is 0 Å². The molecule has 108 valence electrons. The Bertz CT molecular complexity index is 332. The minimum Gasteiger partial charge on any atom is -0.392 e. The first kappa shape index (κ1) is 14.7. The number of rotatable bonds is 3. The lowest BCUT2D eigenvalue weighted by atomic mass is 9.79. The van der Waals surface area contributed by atoms with Gasteiger partial charge < -0.3 is 15.8 Å². The molecule has 3 N–H and O–H groups in total. The Hall–Kier alpha value is -0.680. The van der Waals surface area contributed by atoms with Crippen molar-refractivity contribution in [3.63, 3.8) is 0 Å². The van der Waals surface area contributed by atoms with Gasteiger partial charge in [-0.2, -0.15) is 0 Å². The topological polar surface area (TPSA) is 64.4 Å². The Morgan fingerprint density at radius 2 is 1.74 bits per heavy atom. The lowest BCUT2D eigenvalue weighted by Gasteiger charge is -2.36. The third-order valence-electron chi connectivity index (χ3n) is 4.44. The van der Waals surface area contributed by atoms with Crippen molar-refractivity contribution in [3.8, 4) is 0 Å². The van der Waals surface area contributed by atoms with Gasteiger partial charge in [0.2, 0.25) is 5.91 Å². The molecule has 0 bridgehead atoms. The van der Waals surface area contributed by atoms with Crippen LogP contribution in [0.4, 0.5) is 0 Å². The highest BCUT2D eigenvalue weighted by molar-refractivity contribution is 7.80. The molecule has 2 aliphatic rings. The molecule has 5 heteroatoms. The van der Waals surface area contributed by atoms with Gasteiger partial charge in [0.15, 0.2) is 0 Å². The van der Waals surface area contributed by atoms with Gasteiger partial charge >= 0.3 is 0 Å². The molecule has 0 spiro atoms. The van der Waals surface area contributed by atoms with Gasteiger partial charge in [-0.3, -0.25) is 4.79 Å². The summed E-state index contributed by atoms with van der Waals surface area (Å²) in [5, 5.41) is 3.19. The van der Waals surface area contributed by atoms with Gasteiger partial charge in [0.05, 0.1) is 4.99 Å². The number of hydrogen-bond acceptors (Lipinski definition) is 3. The normalized spacial score (nSPS) is 24.4. The molecule has 1 saturated heterocycles. The zero-order chi connectivity index (χ0) is 13.7. The number of nitrogens with one attached hydrogen (secondary N) is 1. The van der Waals surface area contributed by atoms with Crippen LogP contribution >= 0.6 is 12.2 Å². The fourth-order valence-electron chi connectivity index (χ4n) is 3.05. The van der Waals surface area contributed by atoms with E-state index in [-0.39, 0.29) is 5.91 Å². The van der Waals surface area contributed by atoms with E-state index in [1.807, 2.05) is 0 Å². The summed E-state index contributed by atoms with van der Waals surface area (Å²) in [6.45, 7) is 1.13. The van der Waals surface area contributed by atoms with E-state index in [1.54, 1.807) is 0 Å². The zero-order valence-corrected chi connectivity index (χ0v) is 12.3. The summed E-state index contributed by atoms with van der Waals surface area (Å²) in [5.41, 5.74) is 5.17. The van der Waals surface area contributed by atoms with E-state index in [1.165, 1.54) is 25.7 Å². The molecule has 0 unspecified atom stereocenters. The summed E-state index contributed by atoms with van der Waals surface area (Å²) in [7, 11) is 0. The molecule has 2 fully saturated rings. The molecule has 1 aliphatic heterocycles.